The maximum atomic E-state index is 14.0. The van der Waals surface area contributed by atoms with Gasteiger partial charge in [-0.25, -0.2) is 14.2 Å². The maximum Gasteiger partial charge on any atom is 0.343 e. The number of carbonyl (C=O) groups is 1. The Morgan fingerprint density at radius 1 is 1.59 bits per heavy atom. The van der Waals surface area contributed by atoms with E-state index in [-0.39, 0.29) is 10.6 Å². The molecule has 2 amide bonds. The minimum Gasteiger partial charge on any atom is -0.336 e. The van der Waals surface area contributed by atoms with Crippen LogP contribution in [-0.4, -0.2) is 49.3 Å². The van der Waals surface area contributed by atoms with E-state index in [0.29, 0.717) is 15.9 Å². The molecule has 1 aliphatic heterocycles. The lowest BCUT2D eigenvalue weighted by molar-refractivity contribution is -0.118. The van der Waals surface area contributed by atoms with Crippen molar-refractivity contribution in [3.05, 3.63) is 34.6 Å². The highest BCUT2D eigenvalue weighted by atomic mass is 35.5. The summed E-state index contributed by atoms with van der Waals surface area (Å²) in [4.78, 5) is 12.3. The molecule has 1 aromatic carbocycles. The summed E-state index contributed by atoms with van der Waals surface area (Å²) in [6.07, 6.45) is 2.09. The van der Waals surface area contributed by atoms with Gasteiger partial charge >= 0.3 is 6.03 Å². The molecule has 1 aliphatic rings. The summed E-state index contributed by atoms with van der Waals surface area (Å²) in [6.45, 7) is 6.12. The molecule has 27 heavy (non-hydrogen) atoms. The largest absolute Gasteiger partial charge is 0.343 e. The monoisotopic (exact) mass is 432 g/mol. The molecule has 6 nitrogen and oxygen atoms in total. The maximum absolute atomic E-state index is 14.0. The van der Waals surface area contributed by atoms with Crippen molar-refractivity contribution in [3.8, 4) is 0 Å². The third kappa shape index (κ3) is 5.10. The van der Waals surface area contributed by atoms with Gasteiger partial charge in [0.05, 0.1) is 16.0 Å². The first-order valence-electron chi connectivity index (χ1n) is 8.45. The van der Waals surface area contributed by atoms with Crippen LogP contribution in [-0.2, 0) is 0 Å². The highest BCUT2D eigenvalue weighted by Crippen LogP contribution is 2.42. The van der Waals surface area contributed by atoms with Gasteiger partial charge in [-0.15, -0.1) is 0 Å². The average Bonchev–Trinajstić information content (AvgIpc) is 2.82. The minimum absolute atomic E-state index is 0.104. The van der Waals surface area contributed by atoms with Crippen molar-refractivity contribution in [1.29, 1.82) is 0 Å². The molecule has 0 unspecified atom stereocenters. The number of hydroxylamine groups is 2. The van der Waals surface area contributed by atoms with E-state index in [1.165, 1.54) is 35.1 Å². The molecule has 0 bridgehead atoms. The molecule has 1 saturated heterocycles. The second-order valence-corrected chi connectivity index (χ2v) is 9.19. The molecular formula is C17H22ClFN4O2S2. The van der Waals surface area contributed by atoms with E-state index in [1.807, 2.05) is 20.8 Å². The van der Waals surface area contributed by atoms with Crippen molar-refractivity contribution in [2.75, 3.05) is 6.54 Å². The summed E-state index contributed by atoms with van der Waals surface area (Å²) in [7, 11) is 0. The normalized spacial score (nSPS) is 19.0. The van der Waals surface area contributed by atoms with E-state index in [0.717, 1.165) is 12.8 Å². The van der Waals surface area contributed by atoms with Crippen LogP contribution in [0, 0.1) is 5.82 Å². The molecule has 1 aromatic rings. The van der Waals surface area contributed by atoms with E-state index in [1.54, 1.807) is 6.07 Å². The number of hydrogen-bond donors (Lipinski definition) is 2. The molecule has 1 heterocycles. The number of nitrogens with one attached hydrogen (secondary N) is 1. The number of thiocarbonyl (C=S) groups is 1. The van der Waals surface area contributed by atoms with Crippen molar-refractivity contribution in [3.63, 3.8) is 0 Å². The summed E-state index contributed by atoms with van der Waals surface area (Å²) < 4.78 is 13.7. The highest BCUT2D eigenvalue weighted by molar-refractivity contribution is 8.24. The fourth-order valence-electron chi connectivity index (χ4n) is 2.55. The Hall–Kier alpha value is -1.42. The molecule has 0 aromatic heterocycles. The Kier molecular flexibility index (Phi) is 7.44. The lowest BCUT2D eigenvalue weighted by Gasteiger charge is -2.34. The smallest absolute Gasteiger partial charge is 0.336 e. The number of hydrazone groups is 1. The quantitative estimate of drug-likeness (QED) is 0.228. The van der Waals surface area contributed by atoms with Gasteiger partial charge in [0.25, 0.3) is 0 Å². The van der Waals surface area contributed by atoms with Crippen molar-refractivity contribution < 1.29 is 14.4 Å². The Bertz CT molecular complexity index is 727. The first kappa shape index (κ1) is 21.9. The van der Waals surface area contributed by atoms with Crippen molar-refractivity contribution in [1.82, 2.24) is 15.4 Å². The fourth-order valence-corrected chi connectivity index (χ4v) is 4.54. The molecule has 0 spiro atoms. The van der Waals surface area contributed by atoms with E-state index in [4.69, 9.17) is 23.8 Å². The van der Waals surface area contributed by atoms with Crippen LogP contribution in [0.15, 0.2) is 23.3 Å². The number of benzene rings is 1. The predicted octanol–water partition coefficient (Wildman–Crippen LogP) is 4.45. The number of halogens is 2. The molecule has 0 aliphatic carbocycles. The molecular weight excluding hydrogens is 411 g/mol. The summed E-state index contributed by atoms with van der Waals surface area (Å²) in [5.41, 5.74) is 0.104. The van der Waals surface area contributed by atoms with Crippen molar-refractivity contribution in [2.45, 2.75) is 44.5 Å². The number of unbranched alkanes of at least 4 members (excludes halogenated alkanes) is 1. The number of urea groups is 1. The van der Waals surface area contributed by atoms with Gasteiger partial charge in [-0.3, -0.25) is 5.21 Å². The zero-order valence-corrected chi connectivity index (χ0v) is 17.7. The van der Waals surface area contributed by atoms with Crippen LogP contribution in [0.2, 0.25) is 5.02 Å². The van der Waals surface area contributed by atoms with Crippen LogP contribution >= 0.6 is 35.6 Å². The number of carbonyl (C=O) groups excluding carboxylic acids is 1. The van der Waals surface area contributed by atoms with Gasteiger partial charge in [0.2, 0.25) is 0 Å². The van der Waals surface area contributed by atoms with Gasteiger partial charge in [-0.05, 0) is 32.4 Å². The number of thioether (sulfide) groups is 1. The van der Waals surface area contributed by atoms with Gasteiger partial charge in [-0.1, -0.05) is 55.0 Å². The van der Waals surface area contributed by atoms with Gasteiger partial charge in [-0.2, -0.15) is 10.2 Å². The lowest BCUT2D eigenvalue weighted by Crippen LogP contribution is -2.55. The van der Waals surface area contributed by atoms with Gasteiger partial charge < -0.3 is 5.32 Å². The second kappa shape index (κ2) is 9.18. The molecule has 10 heteroatoms. The second-order valence-electron chi connectivity index (χ2n) is 6.50. The number of amides is 2. The van der Waals surface area contributed by atoms with E-state index < -0.39 is 22.8 Å². The predicted molar refractivity (Wildman–Crippen MR) is 111 cm³/mol. The van der Waals surface area contributed by atoms with Crippen LogP contribution < -0.4 is 5.32 Å². The molecule has 1 atom stereocenters. The Morgan fingerprint density at radius 2 is 2.30 bits per heavy atom. The molecule has 1 fully saturated rings. The van der Waals surface area contributed by atoms with Crippen molar-refractivity contribution >= 4 is 52.1 Å². The standard InChI is InChI=1S/C17H22ClFN4O2S2/c1-4-5-9-20-15(24)23(25)14-17(2,3)27-16(26)22(14)21-10-11-12(18)7-6-8-13(11)19/h6-8,10,14,25H,4-5,9H2,1-3H3,(H,20,24)/b21-10-/t14-/m1/s1. The van der Waals surface area contributed by atoms with Crippen molar-refractivity contribution in [2.24, 2.45) is 5.10 Å². The van der Waals surface area contributed by atoms with Crippen LogP contribution in [0.5, 0.6) is 0 Å². The zero-order chi connectivity index (χ0) is 20.2. The average molecular weight is 433 g/mol. The van der Waals surface area contributed by atoms with Crippen LogP contribution in [0.4, 0.5) is 9.18 Å². The highest BCUT2D eigenvalue weighted by Gasteiger charge is 2.50. The first-order valence-corrected chi connectivity index (χ1v) is 10.1. The molecule has 0 radical (unpaired) electrons. The zero-order valence-electron chi connectivity index (χ0n) is 15.3. The minimum atomic E-state index is -0.863. The first-order chi connectivity index (χ1) is 12.7. The van der Waals surface area contributed by atoms with E-state index in [9.17, 15) is 14.4 Å². The summed E-state index contributed by atoms with van der Waals surface area (Å²) >= 11 is 12.6. The number of hydrogen-bond acceptors (Lipinski definition) is 5. The summed E-state index contributed by atoms with van der Waals surface area (Å²) in [5, 5.41) is 19.4. The fraction of sp³-hybridized carbons (Fsp3) is 0.471. The molecule has 148 valence electrons. The Balaban J connectivity index is 2.26. The summed E-state index contributed by atoms with van der Waals surface area (Å²) in [5.74, 6) is -0.530. The molecule has 0 saturated carbocycles. The third-order valence-electron chi connectivity index (χ3n) is 3.95. The molecule has 2 N–H and O–H groups in total. The lowest BCUT2D eigenvalue weighted by atomic mass is 10.1. The van der Waals surface area contributed by atoms with Crippen LogP contribution in [0.25, 0.3) is 0 Å². The van der Waals surface area contributed by atoms with Gasteiger partial charge in [0.1, 0.15) is 5.82 Å². The number of rotatable bonds is 6. The van der Waals surface area contributed by atoms with E-state index >= 15 is 0 Å². The van der Waals surface area contributed by atoms with Crippen LogP contribution in [0.3, 0.4) is 0 Å². The van der Waals surface area contributed by atoms with Gasteiger partial charge in [0, 0.05) is 12.1 Å². The molecule has 2 rings (SSSR count). The third-order valence-corrected chi connectivity index (χ3v) is 5.81. The number of nitrogens with zero attached hydrogens (tertiary/aromatic N) is 3. The topological polar surface area (TPSA) is 68.2 Å². The van der Waals surface area contributed by atoms with E-state index in [2.05, 4.69) is 10.4 Å². The summed E-state index contributed by atoms with van der Waals surface area (Å²) in [6, 6.07) is 3.67. The SMILES string of the molecule is CCCCNC(=O)N(O)[C@H]1N(/N=C\c2c(F)cccc2Cl)C(=S)SC1(C)C. The Labute approximate surface area is 172 Å². The van der Waals surface area contributed by atoms with Gasteiger partial charge in [0.15, 0.2) is 10.5 Å². The van der Waals surface area contributed by atoms with Crippen LogP contribution in [0.1, 0.15) is 39.2 Å². The Morgan fingerprint density at radius 3 is 2.93 bits per heavy atom.